The molecule has 2 aromatic rings. The molecule has 0 aliphatic carbocycles. The third kappa shape index (κ3) is 2.86. The van der Waals surface area contributed by atoms with E-state index in [9.17, 15) is 30.3 Å². The van der Waals surface area contributed by atoms with Crippen molar-refractivity contribution in [2.24, 2.45) is 5.18 Å². The van der Waals surface area contributed by atoms with E-state index in [2.05, 4.69) is 5.18 Å². The van der Waals surface area contributed by atoms with Crippen LogP contribution in [0.3, 0.4) is 0 Å². The largest absolute Gasteiger partial charge is 0.297 e. The quantitative estimate of drug-likeness (QED) is 0.507. The first kappa shape index (κ1) is 15.0. The number of nitro benzene ring substituents is 2. The molecule has 0 aliphatic heterocycles. The van der Waals surface area contributed by atoms with Gasteiger partial charge in [0, 0.05) is 18.2 Å². The minimum atomic E-state index is -0.801. The van der Waals surface area contributed by atoms with Crippen LogP contribution in [0.4, 0.5) is 28.4 Å². The number of nitro groups is 2. The van der Waals surface area contributed by atoms with Crippen molar-refractivity contribution < 1.29 is 15.1 Å². The number of rotatable bonds is 5. The number of non-ortho nitro benzene ring substituents is 1. The van der Waals surface area contributed by atoms with E-state index in [1.54, 1.807) is 0 Å². The van der Waals surface area contributed by atoms with Crippen LogP contribution in [0.5, 0.6) is 0 Å². The molecule has 0 saturated heterocycles. The maximum absolute atomic E-state index is 11.0. The fraction of sp³-hybridized carbons (Fsp3) is 0. The fourth-order valence-corrected chi connectivity index (χ4v) is 1.77. The molecule has 0 radical (unpaired) electrons. The van der Waals surface area contributed by atoms with Gasteiger partial charge in [0.2, 0.25) is 0 Å². The first-order valence-corrected chi connectivity index (χ1v) is 5.79. The molecular weight excluding hydrogens is 296 g/mol. The van der Waals surface area contributed by atoms with Crippen molar-refractivity contribution in [3.63, 3.8) is 0 Å². The van der Waals surface area contributed by atoms with Gasteiger partial charge in [0.25, 0.3) is 11.4 Å². The van der Waals surface area contributed by atoms with Gasteiger partial charge in [0.15, 0.2) is 0 Å². The van der Waals surface area contributed by atoms with Crippen LogP contribution in [0, 0.1) is 25.1 Å². The second-order valence-corrected chi connectivity index (χ2v) is 4.11. The minimum absolute atomic E-state index is 0.0379. The summed E-state index contributed by atoms with van der Waals surface area (Å²) in [6, 6.07) is 8.11. The Morgan fingerprint density at radius 2 is 1.77 bits per heavy atom. The molecule has 112 valence electrons. The van der Waals surface area contributed by atoms with Crippen LogP contribution in [0.25, 0.3) is 0 Å². The summed E-state index contributed by atoms with van der Waals surface area (Å²) in [5.41, 5.74) is -1.32. The molecule has 2 aromatic carbocycles. The lowest BCUT2D eigenvalue weighted by molar-refractivity contribution is -0.385. The highest BCUT2D eigenvalue weighted by atomic mass is 16.6. The molecule has 22 heavy (non-hydrogen) atoms. The number of hydrogen-bond donors (Lipinski definition) is 1. The minimum Gasteiger partial charge on any atom is -0.283 e. The van der Waals surface area contributed by atoms with E-state index in [0.29, 0.717) is 5.06 Å². The third-order valence-corrected chi connectivity index (χ3v) is 2.77. The highest BCUT2D eigenvalue weighted by Gasteiger charge is 2.22. The van der Waals surface area contributed by atoms with Gasteiger partial charge in [-0.25, -0.2) is 5.06 Å². The Morgan fingerprint density at radius 3 is 2.36 bits per heavy atom. The standard InChI is InChI=1S/C12H8N4O6/c17-13-8-4-5-11(12(6-8)16(21)22)14(18)9-2-1-3-10(7-9)15(19)20/h1-7,18H. The van der Waals surface area contributed by atoms with Crippen LogP contribution >= 0.6 is 0 Å². The second kappa shape index (κ2) is 5.93. The maximum Gasteiger partial charge on any atom is 0.297 e. The van der Waals surface area contributed by atoms with Crippen LogP contribution in [-0.4, -0.2) is 15.1 Å². The van der Waals surface area contributed by atoms with E-state index in [1.165, 1.54) is 24.3 Å². The van der Waals surface area contributed by atoms with Crippen LogP contribution in [0.2, 0.25) is 0 Å². The smallest absolute Gasteiger partial charge is 0.283 e. The van der Waals surface area contributed by atoms with E-state index in [-0.39, 0.29) is 22.7 Å². The van der Waals surface area contributed by atoms with E-state index < -0.39 is 15.5 Å². The summed E-state index contributed by atoms with van der Waals surface area (Å²) in [5.74, 6) is 0. The summed E-state index contributed by atoms with van der Waals surface area (Å²) in [4.78, 5) is 30.7. The Bertz CT molecular complexity index is 763. The Labute approximate surface area is 122 Å². The lowest BCUT2D eigenvalue weighted by Gasteiger charge is -2.16. The number of nitroso groups, excluding NO2 is 1. The normalized spacial score (nSPS) is 10.0. The van der Waals surface area contributed by atoms with Gasteiger partial charge < -0.3 is 0 Å². The molecule has 0 heterocycles. The van der Waals surface area contributed by atoms with Crippen LogP contribution in [0.15, 0.2) is 47.6 Å². The molecule has 0 unspecified atom stereocenters. The molecule has 2 rings (SSSR count). The molecule has 0 fully saturated rings. The maximum atomic E-state index is 11.0. The molecule has 0 spiro atoms. The summed E-state index contributed by atoms with van der Waals surface area (Å²) in [5, 5.41) is 34.8. The third-order valence-electron chi connectivity index (χ3n) is 2.77. The summed E-state index contributed by atoms with van der Waals surface area (Å²) in [6.45, 7) is 0. The highest BCUT2D eigenvalue weighted by molar-refractivity contribution is 5.73. The van der Waals surface area contributed by atoms with E-state index in [0.717, 1.165) is 18.2 Å². The monoisotopic (exact) mass is 304 g/mol. The molecule has 10 heteroatoms. The van der Waals surface area contributed by atoms with Crippen LogP contribution < -0.4 is 5.06 Å². The van der Waals surface area contributed by atoms with Crippen molar-refractivity contribution >= 4 is 28.4 Å². The van der Waals surface area contributed by atoms with Gasteiger partial charge in [-0.05, 0) is 23.4 Å². The summed E-state index contributed by atoms with van der Waals surface area (Å²) < 4.78 is 0. The molecule has 1 N–H and O–H groups in total. The lowest BCUT2D eigenvalue weighted by Crippen LogP contribution is -2.12. The summed E-state index contributed by atoms with van der Waals surface area (Å²) >= 11 is 0. The average molecular weight is 304 g/mol. The average Bonchev–Trinajstić information content (AvgIpc) is 2.53. The molecule has 0 aromatic heterocycles. The molecule has 0 bridgehead atoms. The van der Waals surface area contributed by atoms with Crippen molar-refractivity contribution in [2.75, 3.05) is 5.06 Å². The molecule has 0 atom stereocenters. The zero-order chi connectivity index (χ0) is 16.3. The number of anilines is 2. The first-order chi connectivity index (χ1) is 10.4. The molecular formula is C12H8N4O6. The van der Waals surface area contributed by atoms with E-state index in [1.807, 2.05) is 0 Å². The first-order valence-electron chi connectivity index (χ1n) is 5.79. The number of nitrogens with zero attached hydrogens (tertiary/aromatic N) is 4. The van der Waals surface area contributed by atoms with E-state index >= 15 is 0 Å². The topological polar surface area (TPSA) is 139 Å². The second-order valence-electron chi connectivity index (χ2n) is 4.11. The zero-order valence-corrected chi connectivity index (χ0v) is 10.8. The van der Waals surface area contributed by atoms with Crippen molar-refractivity contribution in [1.82, 2.24) is 0 Å². The predicted molar refractivity (Wildman–Crippen MR) is 75.6 cm³/mol. The van der Waals surface area contributed by atoms with Gasteiger partial charge in [-0.3, -0.25) is 25.4 Å². The van der Waals surface area contributed by atoms with Gasteiger partial charge >= 0.3 is 0 Å². The van der Waals surface area contributed by atoms with Gasteiger partial charge in [-0.2, -0.15) is 0 Å². The van der Waals surface area contributed by atoms with Crippen molar-refractivity contribution in [3.8, 4) is 0 Å². The van der Waals surface area contributed by atoms with Gasteiger partial charge in [-0.1, -0.05) is 6.07 Å². The molecule has 0 saturated carbocycles. The fourth-order valence-electron chi connectivity index (χ4n) is 1.77. The Morgan fingerprint density at radius 1 is 1.05 bits per heavy atom. The predicted octanol–water partition coefficient (Wildman–Crippen LogP) is 3.43. The SMILES string of the molecule is O=Nc1ccc(N(O)c2cccc([N+](=O)[O-])c2)c([N+](=O)[O-])c1. The lowest BCUT2D eigenvalue weighted by atomic mass is 10.2. The number of hydrogen-bond acceptors (Lipinski definition) is 8. The van der Waals surface area contributed by atoms with Crippen molar-refractivity contribution in [3.05, 3.63) is 67.6 Å². The van der Waals surface area contributed by atoms with Crippen LogP contribution in [-0.2, 0) is 0 Å². The highest BCUT2D eigenvalue weighted by Crippen LogP contribution is 2.35. The zero-order valence-electron chi connectivity index (χ0n) is 10.8. The summed E-state index contributed by atoms with van der Waals surface area (Å²) in [7, 11) is 0. The molecule has 10 nitrogen and oxygen atoms in total. The van der Waals surface area contributed by atoms with Gasteiger partial charge in [0.05, 0.1) is 15.5 Å². The van der Waals surface area contributed by atoms with Gasteiger partial charge in [-0.15, -0.1) is 4.91 Å². The number of benzene rings is 2. The molecule has 0 aliphatic rings. The van der Waals surface area contributed by atoms with Crippen molar-refractivity contribution in [2.45, 2.75) is 0 Å². The Balaban J connectivity index is 2.51. The van der Waals surface area contributed by atoms with Gasteiger partial charge in [0.1, 0.15) is 11.4 Å². The van der Waals surface area contributed by atoms with Crippen molar-refractivity contribution in [1.29, 1.82) is 0 Å². The van der Waals surface area contributed by atoms with E-state index in [4.69, 9.17) is 0 Å². The van der Waals surface area contributed by atoms with Crippen LogP contribution in [0.1, 0.15) is 0 Å². The Kier molecular flexibility index (Phi) is 4.04. The Hall–Kier alpha value is -3.40. The molecule has 0 amide bonds. The summed E-state index contributed by atoms with van der Waals surface area (Å²) in [6.07, 6.45) is 0.